The number of carbonyl (C=O) groups is 1. The maximum Gasteiger partial charge on any atom is 0.225 e. The van der Waals surface area contributed by atoms with Crippen LogP contribution in [0.3, 0.4) is 0 Å². The summed E-state index contributed by atoms with van der Waals surface area (Å²) in [6.07, 6.45) is 6.22. The number of carbonyl (C=O) groups excluding carboxylic acids is 1. The van der Waals surface area contributed by atoms with E-state index < -0.39 is 0 Å². The van der Waals surface area contributed by atoms with Crippen LogP contribution in [0.15, 0.2) is 46.7 Å². The summed E-state index contributed by atoms with van der Waals surface area (Å²) < 4.78 is 0. The average Bonchev–Trinajstić information content (AvgIpc) is 2.90. The molecule has 0 aliphatic carbocycles. The predicted molar refractivity (Wildman–Crippen MR) is 90.3 cm³/mol. The Labute approximate surface area is 135 Å². The summed E-state index contributed by atoms with van der Waals surface area (Å²) in [5.41, 5.74) is 5.67. The molecule has 3 aliphatic heterocycles. The van der Waals surface area contributed by atoms with E-state index in [0.717, 1.165) is 36.3 Å². The van der Waals surface area contributed by atoms with Crippen molar-refractivity contribution in [3.05, 3.63) is 52.9 Å². The van der Waals surface area contributed by atoms with Gasteiger partial charge < -0.3 is 15.5 Å². The highest BCUT2D eigenvalue weighted by atomic mass is 16.1. The number of hydrogen-bond acceptors (Lipinski definition) is 4. The fourth-order valence-corrected chi connectivity index (χ4v) is 3.50. The van der Waals surface area contributed by atoms with Gasteiger partial charge in [0.05, 0.1) is 17.6 Å². The van der Waals surface area contributed by atoms with Crippen LogP contribution in [-0.4, -0.2) is 30.2 Å². The van der Waals surface area contributed by atoms with Gasteiger partial charge in [0.25, 0.3) is 0 Å². The molecule has 5 heteroatoms. The lowest BCUT2D eigenvalue weighted by atomic mass is 10.1. The molecule has 1 aromatic rings. The summed E-state index contributed by atoms with van der Waals surface area (Å²) >= 11 is 0. The summed E-state index contributed by atoms with van der Waals surface area (Å²) in [5.74, 6) is 0.0875. The molecule has 0 spiro atoms. The lowest BCUT2D eigenvalue weighted by Crippen LogP contribution is -2.42. The number of amides is 1. The molecule has 0 saturated carbocycles. The van der Waals surface area contributed by atoms with E-state index in [1.807, 2.05) is 19.3 Å². The number of nitrogens with zero attached hydrogens (tertiary/aromatic N) is 2. The van der Waals surface area contributed by atoms with Crippen LogP contribution in [0, 0.1) is 0 Å². The van der Waals surface area contributed by atoms with E-state index in [4.69, 9.17) is 4.99 Å². The predicted octanol–water partition coefficient (Wildman–Crippen LogP) is 1.98. The van der Waals surface area contributed by atoms with E-state index in [1.54, 1.807) is 0 Å². The molecule has 118 valence electrons. The fraction of sp³-hybridized carbons (Fsp3) is 0.333. The molecule has 1 atom stereocenters. The van der Waals surface area contributed by atoms with E-state index in [0.29, 0.717) is 6.42 Å². The molecule has 0 radical (unpaired) electrons. The van der Waals surface area contributed by atoms with Crippen molar-refractivity contribution < 1.29 is 4.79 Å². The highest BCUT2D eigenvalue weighted by Crippen LogP contribution is 2.39. The summed E-state index contributed by atoms with van der Waals surface area (Å²) in [5, 5.41) is 6.26. The quantitative estimate of drug-likeness (QED) is 0.898. The van der Waals surface area contributed by atoms with Gasteiger partial charge in [-0.15, -0.1) is 0 Å². The minimum Gasteiger partial charge on any atom is -0.335 e. The van der Waals surface area contributed by atoms with Gasteiger partial charge >= 0.3 is 0 Å². The number of benzene rings is 1. The molecule has 1 aromatic carbocycles. The first-order valence-electron chi connectivity index (χ1n) is 8.06. The van der Waals surface area contributed by atoms with Gasteiger partial charge in [-0.05, 0) is 31.5 Å². The topological polar surface area (TPSA) is 56.7 Å². The van der Waals surface area contributed by atoms with Crippen LogP contribution >= 0.6 is 0 Å². The third-order valence-electron chi connectivity index (χ3n) is 4.57. The number of nitrogens with one attached hydrogen (secondary N) is 2. The lowest BCUT2D eigenvalue weighted by molar-refractivity contribution is -0.121. The zero-order valence-electron chi connectivity index (χ0n) is 13.2. The van der Waals surface area contributed by atoms with Crippen LogP contribution < -0.4 is 10.6 Å². The third-order valence-corrected chi connectivity index (χ3v) is 4.57. The first kappa shape index (κ1) is 14.2. The van der Waals surface area contributed by atoms with Crippen molar-refractivity contribution in [2.45, 2.75) is 32.0 Å². The van der Waals surface area contributed by atoms with Crippen LogP contribution in [0.4, 0.5) is 0 Å². The maximum atomic E-state index is 11.8. The van der Waals surface area contributed by atoms with Crippen molar-refractivity contribution in [3.8, 4) is 0 Å². The van der Waals surface area contributed by atoms with Gasteiger partial charge in [0.2, 0.25) is 5.91 Å². The summed E-state index contributed by atoms with van der Waals surface area (Å²) in [7, 11) is 1.95. The van der Waals surface area contributed by atoms with Gasteiger partial charge in [-0.1, -0.05) is 24.3 Å². The Balaban J connectivity index is 1.71. The number of rotatable bonds is 3. The zero-order valence-corrected chi connectivity index (χ0v) is 13.2. The van der Waals surface area contributed by atoms with Gasteiger partial charge in [-0.25, -0.2) is 0 Å². The monoisotopic (exact) mass is 308 g/mol. The van der Waals surface area contributed by atoms with Gasteiger partial charge in [0.15, 0.2) is 0 Å². The molecule has 5 nitrogen and oxygen atoms in total. The molecule has 1 amide bonds. The third kappa shape index (κ3) is 2.47. The van der Waals surface area contributed by atoms with E-state index in [9.17, 15) is 4.79 Å². The Kier molecular flexibility index (Phi) is 3.50. The molecule has 1 fully saturated rings. The normalized spacial score (nSPS) is 22.7. The Morgan fingerprint density at radius 1 is 1.35 bits per heavy atom. The number of aliphatic imine (C=N–C) groups is 1. The van der Waals surface area contributed by atoms with Crippen LogP contribution in [0.2, 0.25) is 0 Å². The molecule has 2 N–H and O–H groups in total. The van der Waals surface area contributed by atoms with Crippen molar-refractivity contribution >= 4 is 17.8 Å². The molecule has 3 aliphatic rings. The van der Waals surface area contributed by atoms with Gasteiger partial charge in [-0.3, -0.25) is 9.79 Å². The highest BCUT2D eigenvalue weighted by Gasteiger charge is 2.36. The SMILES string of the molecule is CNCc1ccc(C2=C3CCC4NC(=O)CC=C(C=N2)N34)cc1. The fourth-order valence-electron chi connectivity index (χ4n) is 3.50. The van der Waals surface area contributed by atoms with Gasteiger partial charge in [-0.2, -0.15) is 0 Å². The summed E-state index contributed by atoms with van der Waals surface area (Å²) in [4.78, 5) is 18.8. The number of allylic oxidation sites excluding steroid dienone is 2. The minimum absolute atomic E-state index is 0.0663. The van der Waals surface area contributed by atoms with E-state index >= 15 is 0 Å². The molecular formula is C18H20N4O. The van der Waals surface area contributed by atoms with Crippen LogP contribution in [-0.2, 0) is 11.3 Å². The first-order chi connectivity index (χ1) is 11.3. The van der Waals surface area contributed by atoms with Crippen LogP contribution in [0.25, 0.3) is 5.70 Å². The Morgan fingerprint density at radius 3 is 2.96 bits per heavy atom. The second-order valence-corrected chi connectivity index (χ2v) is 6.11. The molecule has 1 unspecified atom stereocenters. The van der Waals surface area contributed by atoms with Crippen LogP contribution in [0.1, 0.15) is 30.4 Å². The first-order valence-corrected chi connectivity index (χ1v) is 8.06. The maximum absolute atomic E-state index is 11.8. The van der Waals surface area contributed by atoms with Crippen molar-refractivity contribution in [1.29, 1.82) is 0 Å². The standard InChI is InChI=1S/C18H20N4O/c1-19-10-12-2-4-13(5-3-12)18-15-7-8-16-21-17(23)9-6-14(11-20-18)22(15)16/h2-6,11,16,19H,7-10H2,1H3,(H,21,23). The van der Waals surface area contributed by atoms with Crippen molar-refractivity contribution in [3.63, 3.8) is 0 Å². The second kappa shape index (κ2) is 5.66. The number of hydrogen-bond donors (Lipinski definition) is 2. The van der Waals surface area contributed by atoms with E-state index in [-0.39, 0.29) is 12.1 Å². The summed E-state index contributed by atoms with van der Waals surface area (Å²) in [6, 6.07) is 8.53. The molecule has 4 rings (SSSR count). The van der Waals surface area contributed by atoms with Gasteiger partial charge in [0, 0.05) is 24.2 Å². The minimum atomic E-state index is 0.0663. The van der Waals surface area contributed by atoms with E-state index in [1.165, 1.54) is 11.3 Å². The van der Waals surface area contributed by atoms with Crippen molar-refractivity contribution in [2.75, 3.05) is 7.05 Å². The van der Waals surface area contributed by atoms with Gasteiger partial charge in [0.1, 0.15) is 6.17 Å². The van der Waals surface area contributed by atoms with Crippen LogP contribution in [0.5, 0.6) is 0 Å². The van der Waals surface area contributed by atoms with E-state index in [2.05, 4.69) is 39.8 Å². The Morgan fingerprint density at radius 2 is 2.17 bits per heavy atom. The largest absolute Gasteiger partial charge is 0.335 e. The Hall–Kier alpha value is -2.40. The van der Waals surface area contributed by atoms with Crippen molar-refractivity contribution in [2.24, 2.45) is 4.99 Å². The summed E-state index contributed by atoms with van der Waals surface area (Å²) in [6.45, 7) is 0.864. The zero-order chi connectivity index (χ0) is 15.8. The molecule has 3 heterocycles. The second-order valence-electron chi connectivity index (χ2n) is 6.11. The van der Waals surface area contributed by atoms with Crippen molar-refractivity contribution in [1.82, 2.24) is 15.5 Å². The molecule has 1 saturated heterocycles. The Bertz CT molecular complexity index is 730. The lowest BCUT2D eigenvalue weighted by Gasteiger charge is -2.30. The molecular weight excluding hydrogens is 288 g/mol. The highest BCUT2D eigenvalue weighted by molar-refractivity contribution is 5.91. The molecule has 23 heavy (non-hydrogen) atoms. The smallest absolute Gasteiger partial charge is 0.225 e. The average molecular weight is 308 g/mol. The molecule has 0 aromatic heterocycles. The molecule has 0 bridgehead atoms.